The van der Waals surface area contributed by atoms with E-state index in [1.165, 1.54) is 0 Å². The van der Waals surface area contributed by atoms with Crippen LogP contribution in [0.1, 0.15) is 12.8 Å². The van der Waals surface area contributed by atoms with Gasteiger partial charge in [0.05, 0.1) is 12.7 Å². The number of carbonyl (C=O) groups excluding carboxylic acids is 1. The molecule has 0 rings (SSSR count). The third kappa shape index (κ3) is 4.43. The van der Waals surface area contributed by atoms with E-state index >= 15 is 0 Å². The second-order valence-corrected chi connectivity index (χ2v) is 2.05. The maximum atomic E-state index is 10.6. The van der Waals surface area contributed by atoms with Gasteiger partial charge in [0.2, 0.25) is 0 Å². The maximum absolute atomic E-state index is 10.6. The molecule has 0 aromatic heterocycles. The summed E-state index contributed by atoms with van der Waals surface area (Å²) in [5.74, 6) is -0.232. The molecule has 60 valence electrons. The molecule has 3 N–H and O–H groups in total. The highest BCUT2D eigenvalue weighted by Gasteiger charge is 2.07. The van der Waals surface area contributed by atoms with Crippen molar-refractivity contribution in [2.24, 2.45) is 0 Å². The quantitative estimate of drug-likeness (QED) is 0.452. The van der Waals surface area contributed by atoms with Crippen molar-refractivity contribution in [3.05, 3.63) is 0 Å². The van der Waals surface area contributed by atoms with E-state index in [0.29, 0.717) is 0 Å². The Hall–Kier alpha value is -0.450. The SMILES string of the molecule is O=C(CCO)CC(O)CO. The lowest BCUT2D eigenvalue weighted by atomic mass is 10.1. The number of Topliss-reactive ketones (excluding diaryl/α,β-unsaturated/α-hetero) is 1. The van der Waals surface area contributed by atoms with Gasteiger partial charge in [-0.2, -0.15) is 0 Å². The van der Waals surface area contributed by atoms with Crippen LogP contribution in [-0.4, -0.2) is 40.4 Å². The van der Waals surface area contributed by atoms with Crippen molar-refractivity contribution in [2.45, 2.75) is 18.9 Å². The number of ketones is 1. The number of hydrogen-bond acceptors (Lipinski definition) is 4. The first kappa shape index (κ1) is 9.55. The van der Waals surface area contributed by atoms with Gasteiger partial charge in [-0.25, -0.2) is 0 Å². The number of carbonyl (C=O) groups is 1. The van der Waals surface area contributed by atoms with Crippen LogP contribution < -0.4 is 0 Å². The normalized spacial score (nSPS) is 13.1. The van der Waals surface area contributed by atoms with Gasteiger partial charge in [0, 0.05) is 19.4 Å². The minimum Gasteiger partial charge on any atom is -0.396 e. The van der Waals surface area contributed by atoms with E-state index in [-0.39, 0.29) is 25.2 Å². The molecule has 0 bridgehead atoms. The summed E-state index contributed by atoms with van der Waals surface area (Å²) in [6.45, 7) is -0.603. The van der Waals surface area contributed by atoms with E-state index in [1.807, 2.05) is 0 Å². The molecule has 4 nitrogen and oxygen atoms in total. The third-order valence-electron chi connectivity index (χ3n) is 1.06. The molecule has 0 heterocycles. The molecule has 0 saturated heterocycles. The van der Waals surface area contributed by atoms with Crippen molar-refractivity contribution in [2.75, 3.05) is 13.2 Å². The largest absolute Gasteiger partial charge is 0.396 e. The fourth-order valence-corrected chi connectivity index (χ4v) is 0.554. The summed E-state index contributed by atoms with van der Waals surface area (Å²) in [6, 6.07) is 0. The molecule has 0 fully saturated rings. The average Bonchev–Trinajstić information content (AvgIpc) is 1.88. The van der Waals surface area contributed by atoms with Crippen molar-refractivity contribution in [1.82, 2.24) is 0 Å². The molecule has 0 aliphatic rings. The number of aliphatic hydroxyl groups is 3. The smallest absolute Gasteiger partial charge is 0.137 e. The standard InChI is InChI=1S/C6H12O4/c7-2-1-5(9)3-6(10)4-8/h6-8,10H,1-4H2. The van der Waals surface area contributed by atoms with Gasteiger partial charge in [-0.15, -0.1) is 0 Å². The zero-order valence-electron chi connectivity index (χ0n) is 5.66. The molecular weight excluding hydrogens is 136 g/mol. The van der Waals surface area contributed by atoms with Crippen molar-refractivity contribution in [3.63, 3.8) is 0 Å². The zero-order valence-corrected chi connectivity index (χ0v) is 5.66. The van der Waals surface area contributed by atoms with E-state index in [9.17, 15) is 4.79 Å². The predicted molar refractivity (Wildman–Crippen MR) is 34.4 cm³/mol. The Morgan fingerprint density at radius 1 is 1.40 bits per heavy atom. The lowest BCUT2D eigenvalue weighted by Crippen LogP contribution is -2.17. The van der Waals surface area contributed by atoms with Crippen LogP contribution in [0.25, 0.3) is 0 Å². The molecule has 0 amide bonds. The number of rotatable bonds is 5. The highest BCUT2D eigenvalue weighted by atomic mass is 16.3. The van der Waals surface area contributed by atoms with Crippen LogP contribution in [-0.2, 0) is 4.79 Å². The first-order chi connectivity index (χ1) is 4.70. The molecule has 1 atom stereocenters. The lowest BCUT2D eigenvalue weighted by Gasteiger charge is -2.03. The van der Waals surface area contributed by atoms with Crippen LogP contribution in [0.5, 0.6) is 0 Å². The average molecular weight is 148 g/mol. The Morgan fingerprint density at radius 3 is 2.40 bits per heavy atom. The zero-order chi connectivity index (χ0) is 7.98. The monoisotopic (exact) mass is 148 g/mol. The lowest BCUT2D eigenvalue weighted by molar-refractivity contribution is -0.122. The van der Waals surface area contributed by atoms with Gasteiger partial charge in [0.25, 0.3) is 0 Å². The van der Waals surface area contributed by atoms with Crippen molar-refractivity contribution in [3.8, 4) is 0 Å². The second kappa shape index (κ2) is 5.34. The molecule has 0 saturated carbocycles. The predicted octanol–water partition coefficient (Wildman–Crippen LogP) is -1.32. The summed E-state index contributed by atoms with van der Waals surface area (Å²) in [4.78, 5) is 10.6. The Bertz CT molecular complexity index is 102. The Labute approximate surface area is 59.1 Å². The third-order valence-corrected chi connectivity index (χ3v) is 1.06. The van der Waals surface area contributed by atoms with E-state index < -0.39 is 12.7 Å². The summed E-state index contributed by atoms with van der Waals surface area (Å²) < 4.78 is 0. The molecule has 1 unspecified atom stereocenters. The molecule has 4 heteroatoms. The topological polar surface area (TPSA) is 77.8 Å². The molecule has 0 spiro atoms. The van der Waals surface area contributed by atoms with Gasteiger partial charge in [0.15, 0.2) is 0 Å². The van der Waals surface area contributed by atoms with Crippen molar-refractivity contribution < 1.29 is 20.1 Å². The number of aliphatic hydroxyl groups excluding tert-OH is 3. The summed E-state index contributed by atoms with van der Waals surface area (Å²) in [5.41, 5.74) is 0. The maximum Gasteiger partial charge on any atom is 0.137 e. The van der Waals surface area contributed by atoms with Crippen LogP contribution in [0.4, 0.5) is 0 Å². The van der Waals surface area contributed by atoms with Gasteiger partial charge in [-0.3, -0.25) is 4.79 Å². The molecule has 0 aliphatic carbocycles. The molecule has 0 radical (unpaired) electrons. The van der Waals surface area contributed by atoms with E-state index in [4.69, 9.17) is 15.3 Å². The van der Waals surface area contributed by atoms with E-state index in [1.54, 1.807) is 0 Å². The van der Waals surface area contributed by atoms with Crippen molar-refractivity contribution >= 4 is 5.78 Å². The summed E-state index contributed by atoms with van der Waals surface area (Å²) >= 11 is 0. The Balaban J connectivity index is 3.37. The molecular formula is C6H12O4. The van der Waals surface area contributed by atoms with Crippen LogP contribution >= 0.6 is 0 Å². The van der Waals surface area contributed by atoms with Gasteiger partial charge in [-0.1, -0.05) is 0 Å². The van der Waals surface area contributed by atoms with Crippen LogP contribution in [0.2, 0.25) is 0 Å². The first-order valence-corrected chi connectivity index (χ1v) is 3.12. The van der Waals surface area contributed by atoms with Crippen LogP contribution in [0, 0.1) is 0 Å². The fraction of sp³-hybridized carbons (Fsp3) is 0.833. The summed E-state index contributed by atoms with van der Waals surface area (Å²) in [5, 5.41) is 25.2. The summed E-state index contributed by atoms with van der Waals surface area (Å²) in [7, 11) is 0. The molecule has 10 heavy (non-hydrogen) atoms. The molecule has 0 aromatic rings. The molecule has 0 aliphatic heterocycles. The van der Waals surface area contributed by atoms with E-state index in [2.05, 4.69) is 0 Å². The highest BCUT2D eigenvalue weighted by molar-refractivity contribution is 5.78. The minimum atomic E-state index is -0.973. The number of hydrogen-bond donors (Lipinski definition) is 3. The molecule has 0 aromatic carbocycles. The van der Waals surface area contributed by atoms with Crippen LogP contribution in [0.15, 0.2) is 0 Å². The fourth-order valence-electron chi connectivity index (χ4n) is 0.554. The van der Waals surface area contributed by atoms with Gasteiger partial charge in [0.1, 0.15) is 5.78 Å². The summed E-state index contributed by atoms with van der Waals surface area (Å²) in [6.07, 6.45) is -0.993. The Morgan fingerprint density at radius 2 is 2.00 bits per heavy atom. The Kier molecular flexibility index (Phi) is 5.10. The minimum absolute atomic E-state index is 0.0526. The second-order valence-electron chi connectivity index (χ2n) is 2.05. The highest BCUT2D eigenvalue weighted by Crippen LogP contribution is 1.94. The van der Waals surface area contributed by atoms with Crippen LogP contribution in [0.3, 0.4) is 0 Å². The van der Waals surface area contributed by atoms with Gasteiger partial charge in [-0.05, 0) is 0 Å². The first-order valence-electron chi connectivity index (χ1n) is 3.12. The van der Waals surface area contributed by atoms with Gasteiger partial charge < -0.3 is 15.3 Å². The van der Waals surface area contributed by atoms with Gasteiger partial charge >= 0.3 is 0 Å². The van der Waals surface area contributed by atoms with Crippen molar-refractivity contribution in [1.29, 1.82) is 0 Å². The van der Waals surface area contributed by atoms with E-state index in [0.717, 1.165) is 0 Å².